The van der Waals surface area contributed by atoms with E-state index in [4.69, 9.17) is 5.73 Å². The maximum atomic E-state index is 11.2. The third kappa shape index (κ3) is 1.87. The number of aryl methyl sites for hydroxylation is 2. The third-order valence-electron chi connectivity index (χ3n) is 2.48. The number of nitrogen functional groups attached to an aromatic ring is 1. The smallest absolute Gasteiger partial charge is 0.223 e. The van der Waals surface area contributed by atoms with Gasteiger partial charge in [-0.2, -0.15) is 0 Å². The van der Waals surface area contributed by atoms with Crippen molar-refractivity contribution in [3.63, 3.8) is 0 Å². The number of carbonyl (C=O) groups is 1. The molecule has 0 unspecified atom stereocenters. The van der Waals surface area contributed by atoms with Crippen molar-refractivity contribution < 1.29 is 4.79 Å². The van der Waals surface area contributed by atoms with Crippen molar-refractivity contribution in [1.82, 2.24) is 0 Å². The second kappa shape index (κ2) is 3.70. The molecule has 76 valence electrons. The molecule has 0 fully saturated rings. The molecule has 1 amide bonds. The van der Waals surface area contributed by atoms with Gasteiger partial charge in [-0.1, -0.05) is 0 Å². The van der Waals surface area contributed by atoms with Crippen LogP contribution in [0, 0.1) is 13.8 Å². The molecule has 14 heavy (non-hydrogen) atoms. The maximum absolute atomic E-state index is 11.2. The summed E-state index contributed by atoms with van der Waals surface area (Å²) in [6.07, 6.45) is 0. The highest BCUT2D eigenvalue weighted by atomic mass is 16.2. The molecule has 0 aliphatic rings. The predicted octanol–water partition coefficient (Wildman–Crippen LogP) is 1.87. The lowest BCUT2D eigenvalue weighted by Gasteiger charge is -2.18. The fourth-order valence-corrected chi connectivity index (χ4v) is 1.28. The first kappa shape index (κ1) is 10.6. The molecule has 1 aromatic rings. The number of anilines is 2. The quantitative estimate of drug-likeness (QED) is 0.690. The molecule has 0 saturated carbocycles. The monoisotopic (exact) mass is 192 g/mol. The number of hydrogen-bond acceptors (Lipinski definition) is 2. The summed E-state index contributed by atoms with van der Waals surface area (Å²) in [5.74, 6) is -0.0139. The number of carbonyl (C=O) groups excluding carboxylic acids is 1. The van der Waals surface area contributed by atoms with Gasteiger partial charge in [0.1, 0.15) is 0 Å². The summed E-state index contributed by atoms with van der Waals surface area (Å²) in [6, 6.07) is 3.83. The summed E-state index contributed by atoms with van der Waals surface area (Å²) < 4.78 is 0. The number of nitrogens with two attached hydrogens (primary N) is 1. The van der Waals surface area contributed by atoms with Crippen LogP contribution in [0.25, 0.3) is 0 Å². The van der Waals surface area contributed by atoms with E-state index in [0.29, 0.717) is 5.69 Å². The van der Waals surface area contributed by atoms with Crippen LogP contribution in [-0.4, -0.2) is 13.0 Å². The maximum Gasteiger partial charge on any atom is 0.223 e. The van der Waals surface area contributed by atoms with E-state index in [1.165, 1.54) is 6.92 Å². The largest absolute Gasteiger partial charge is 0.397 e. The predicted molar refractivity (Wildman–Crippen MR) is 59.4 cm³/mol. The van der Waals surface area contributed by atoms with Gasteiger partial charge >= 0.3 is 0 Å². The van der Waals surface area contributed by atoms with Crippen molar-refractivity contribution in [2.75, 3.05) is 17.7 Å². The first-order chi connectivity index (χ1) is 6.43. The van der Waals surface area contributed by atoms with Crippen LogP contribution in [0.15, 0.2) is 12.1 Å². The molecule has 0 aliphatic heterocycles. The zero-order valence-electron chi connectivity index (χ0n) is 9.09. The summed E-state index contributed by atoms with van der Waals surface area (Å²) in [6.45, 7) is 5.53. The Labute approximate surface area is 84.5 Å². The van der Waals surface area contributed by atoms with Crippen LogP contribution >= 0.6 is 0 Å². The Morgan fingerprint density at radius 2 is 1.79 bits per heavy atom. The van der Waals surface area contributed by atoms with Crippen LogP contribution in [0.4, 0.5) is 11.4 Å². The van der Waals surface area contributed by atoms with Crippen molar-refractivity contribution in [1.29, 1.82) is 0 Å². The highest BCUT2D eigenvalue weighted by Crippen LogP contribution is 2.25. The molecule has 0 radical (unpaired) electrons. The standard InChI is InChI=1S/C11H16N2O/c1-7-5-10(12)11(6-8(7)2)13(4)9(3)14/h5-6H,12H2,1-4H3. The topological polar surface area (TPSA) is 46.3 Å². The first-order valence-corrected chi connectivity index (χ1v) is 4.54. The van der Waals surface area contributed by atoms with Gasteiger partial charge in [-0.15, -0.1) is 0 Å². The normalized spacial score (nSPS) is 10.0. The van der Waals surface area contributed by atoms with Crippen LogP contribution in [0.2, 0.25) is 0 Å². The molecule has 0 aromatic heterocycles. The molecule has 2 N–H and O–H groups in total. The Bertz CT molecular complexity index is 372. The lowest BCUT2D eigenvalue weighted by molar-refractivity contribution is -0.116. The van der Waals surface area contributed by atoms with Gasteiger partial charge in [0.2, 0.25) is 5.91 Å². The zero-order chi connectivity index (χ0) is 10.9. The van der Waals surface area contributed by atoms with Crippen LogP contribution in [0.3, 0.4) is 0 Å². The van der Waals surface area contributed by atoms with E-state index < -0.39 is 0 Å². The highest BCUT2D eigenvalue weighted by Gasteiger charge is 2.10. The second-order valence-corrected chi connectivity index (χ2v) is 3.57. The van der Waals surface area contributed by atoms with Gasteiger partial charge in [0.15, 0.2) is 0 Å². The molecule has 1 aromatic carbocycles. The van der Waals surface area contributed by atoms with Crippen molar-refractivity contribution in [2.45, 2.75) is 20.8 Å². The molecule has 1 rings (SSSR count). The van der Waals surface area contributed by atoms with Gasteiger partial charge in [-0.25, -0.2) is 0 Å². The number of nitrogens with zero attached hydrogens (tertiary/aromatic N) is 1. The van der Waals surface area contributed by atoms with Gasteiger partial charge in [0.05, 0.1) is 11.4 Å². The minimum absolute atomic E-state index is 0.0139. The summed E-state index contributed by atoms with van der Waals surface area (Å²) >= 11 is 0. The zero-order valence-corrected chi connectivity index (χ0v) is 9.09. The average Bonchev–Trinajstić information content (AvgIpc) is 2.10. The number of benzene rings is 1. The van der Waals surface area contributed by atoms with Crippen LogP contribution < -0.4 is 10.6 Å². The molecule has 0 atom stereocenters. The molecule has 0 bridgehead atoms. The molecular weight excluding hydrogens is 176 g/mol. The molecule has 0 heterocycles. The van der Waals surface area contributed by atoms with Gasteiger partial charge in [-0.05, 0) is 37.1 Å². The van der Waals surface area contributed by atoms with Crippen molar-refractivity contribution in [3.05, 3.63) is 23.3 Å². The van der Waals surface area contributed by atoms with Crippen LogP contribution in [-0.2, 0) is 4.79 Å². The summed E-state index contributed by atoms with van der Waals surface area (Å²) in [5.41, 5.74) is 9.54. The van der Waals surface area contributed by atoms with Crippen molar-refractivity contribution in [3.8, 4) is 0 Å². The minimum atomic E-state index is -0.0139. The van der Waals surface area contributed by atoms with Gasteiger partial charge in [0, 0.05) is 14.0 Å². The highest BCUT2D eigenvalue weighted by molar-refractivity contribution is 5.94. The Morgan fingerprint density at radius 3 is 2.29 bits per heavy atom. The molecule has 3 nitrogen and oxygen atoms in total. The minimum Gasteiger partial charge on any atom is -0.397 e. The average molecular weight is 192 g/mol. The van der Waals surface area contributed by atoms with Gasteiger partial charge < -0.3 is 10.6 Å². The van der Waals surface area contributed by atoms with E-state index >= 15 is 0 Å². The Morgan fingerprint density at radius 1 is 1.29 bits per heavy atom. The Balaban J connectivity index is 3.22. The van der Waals surface area contributed by atoms with Crippen LogP contribution in [0.1, 0.15) is 18.1 Å². The summed E-state index contributed by atoms with van der Waals surface area (Å²) in [4.78, 5) is 12.7. The number of hydrogen-bond donors (Lipinski definition) is 1. The van der Waals surface area contributed by atoms with Gasteiger partial charge in [-0.3, -0.25) is 4.79 Å². The molecule has 0 saturated heterocycles. The molecule has 3 heteroatoms. The second-order valence-electron chi connectivity index (χ2n) is 3.57. The van der Waals surface area contributed by atoms with E-state index in [0.717, 1.165) is 16.8 Å². The third-order valence-corrected chi connectivity index (χ3v) is 2.48. The Kier molecular flexibility index (Phi) is 2.79. The van der Waals surface area contributed by atoms with E-state index in [-0.39, 0.29) is 5.91 Å². The van der Waals surface area contributed by atoms with E-state index in [1.54, 1.807) is 11.9 Å². The molecular formula is C11H16N2O. The molecule has 0 aliphatic carbocycles. The summed E-state index contributed by atoms with van der Waals surface area (Å²) in [7, 11) is 1.72. The fourth-order valence-electron chi connectivity index (χ4n) is 1.28. The fraction of sp³-hybridized carbons (Fsp3) is 0.364. The van der Waals surface area contributed by atoms with E-state index in [9.17, 15) is 4.79 Å². The molecule has 0 spiro atoms. The van der Waals surface area contributed by atoms with Crippen molar-refractivity contribution in [2.24, 2.45) is 0 Å². The first-order valence-electron chi connectivity index (χ1n) is 4.54. The van der Waals surface area contributed by atoms with Gasteiger partial charge in [0.25, 0.3) is 0 Å². The number of amides is 1. The lowest BCUT2D eigenvalue weighted by Crippen LogP contribution is -2.24. The Hall–Kier alpha value is -1.51. The van der Waals surface area contributed by atoms with E-state index in [1.807, 2.05) is 26.0 Å². The number of rotatable bonds is 1. The summed E-state index contributed by atoms with van der Waals surface area (Å²) in [5, 5.41) is 0. The van der Waals surface area contributed by atoms with E-state index in [2.05, 4.69) is 0 Å². The van der Waals surface area contributed by atoms with Crippen molar-refractivity contribution >= 4 is 17.3 Å². The van der Waals surface area contributed by atoms with Crippen LogP contribution in [0.5, 0.6) is 0 Å². The SMILES string of the molecule is CC(=O)N(C)c1cc(C)c(C)cc1N. The lowest BCUT2D eigenvalue weighted by atomic mass is 10.1.